The SMILES string of the molecule is O=C1OPOc2cc3ccccc3cc21. The summed E-state index contributed by atoms with van der Waals surface area (Å²) in [5.74, 6) is 0.309. The second kappa shape index (κ2) is 3.21. The Morgan fingerprint density at radius 1 is 1.00 bits per heavy atom. The van der Waals surface area contributed by atoms with Gasteiger partial charge in [-0.05, 0) is 22.9 Å². The number of benzene rings is 2. The lowest BCUT2D eigenvalue weighted by atomic mass is 10.1. The molecule has 3 rings (SSSR count). The Kier molecular flexibility index (Phi) is 1.86. The summed E-state index contributed by atoms with van der Waals surface area (Å²) in [6, 6.07) is 11.5. The first kappa shape index (κ1) is 8.69. The molecule has 0 aliphatic carbocycles. The van der Waals surface area contributed by atoms with Crippen LogP contribution in [0.25, 0.3) is 10.8 Å². The molecule has 0 amide bonds. The van der Waals surface area contributed by atoms with Crippen LogP contribution in [-0.2, 0) is 4.52 Å². The van der Waals surface area contributed by atoms with Crippen LogP contribution < -0.4 is 4.52 Å². The van der Waals surface area contributed by atoms with Crippen LogP contribution in [0.5, 0.6) is 5.75 Å². The maximum Gasteiger partial charge on any atom is 0.347 e. The zero-order valence-electron chi connectivity index (χ0n) is 7.69. The van der Waals surface area contributed by atoms with E-state index in [1.807, 2.05) is 30.3 Å². The van der Waals surface area contributed by atoms with Gasteiger partial charge in [0.05, 0.1) is 0 Å². The number of fused-ring (bicyclic) bond motifs is 2. The van der Waals surface area contributed by atoms with Crippen molar-refractivity contribution in [2.45, 2.75) is 0 Å². The Labute approximate surface area is 87.9 Å². The minimum atomic E-state index is -0.305. The number of carbonyl (C=O) groups excluding carboxylic acids is 1. The van der Waals surface area contributed by atoms with Crippen LogP contribution in [0.1, 0.15) is 10.4 Å². The van der Waals surface area contributed by atoms with Crippen LogP contribution in [0.15, 0.2) is 36.4 Å². The van der Waals surface area contributed by atoms with Crippen LogP contribution >= 0.6 is 9.03 Å². The summed E-state index contributed by atoms with van der Waals surface area (Å²) < 4.78 is 10.1. The van der Waals surface area contributed by atoms with Gasteiger partial charge in [-0.15, -0.1) is 0 Å². The monoisotopic (exact) mass is 218 g/mol. The first-order valence-corrected chi connectivity index (χ1v) is 5.32. The molecular formula is C11H7O3P. The molecule has 0 radical (unpaired) electrons. The maximum atomic E-state index is 11.4. The second-order valence-electron chi connectivity index (χ2n) is 3.27. The van der Waals surface area contributed by atoms with Gasteiger partial charge in [0.25, 0.3) is 9.03 Å². The fraction of sp³-hybridized carbons (Fsp3) is 0. The smallest absolute Gasteiger partial charge is 0.347 e. The summed E-state index contributed by atoms with van der Waals surface area (Å²) in [6.45, 7) is 0. The fourth-order valence-electron chi connectivity index (χ4n) is 1.62. The van der Waals surface area contributed by atoms with E-state index >= 15 is 0 Å². The van der Waals surface area contributed by atoms with Gasteiger partial charge in [0, 0.05) is 0 Å². The molecule has 2 aromatic carbocycles. The van der Waals surface area contributed by atoms with Gasteiger partial charge >= 0.3 is 5.97 Å². The zero-order valence-corrected chi connectivity index (χ0v) is 8.69. The lowest BCUT2D eigenvalue weighted by molar-refractivity contribution is 0.0732. The van der Waals surface area contributed by atoms with E-state index in [9.17, 15) is 4.79 Å². The molecule has 0 spiro atoms. The number of hydrogen-bond donors (Lipinski definition) is 0. The van der Waals surface area contributed by atoms with Crippen molar-refractivity contribution >= 4 is 25.8 Å². The highest BCUT2D eigenvalue weighted by Crippen LogP contribution is 2.36. The highest BCUT2D eigenvalue weighted by Gasteiger charge is 2.20. The van der Waals surface area contributed by atoms with Crippen molar-refractivity contribution in [2.24, 2.45) is 0 Å². The topological polar surface area (TPSA) is 35.5 Å². The van der Waals surface area contributed by atoms with Gasteiger partial charge in [-0.1, -0.05) is 24.3 Å². The van der Waals surface area contributed by atoms with E-state index in [0.29, 0.717) is 11.3 Å². The van der Waals surface area contributed by atoms with E-state index in [-0.39, 0.29) is 15.0 Å². The third-order valence-corrected chi connectivity index (χ3v) is 2.93. The third-order valence-electron chi connectivity index (χ3n) is 2.35. The molecule has 15 heavy (non-hydrogen) atoms. The Morgan fingerprint density at radius 2 is 1.73 bits per heavy atom. The average molecular weight is 218 g/mol. The van der Waals surface area contributed by atoms with Crippen molar-refractivity contribution in [3.05, 3.63) is 42.0 Å². The van der Waals surface area contributed by atoms with Crippen LogP contribution in [0.2, 0.25) is 0 Å². The van der Waals surface area contributed by atoms with E-state index in [1.54, 1.807) is 6.07 Å². The van der Waals surface area contributed by atoms with Gasteiger partial charge in [-0.2, -0.15) is 0 Å². The molecule has 0 fully saturated rings. The highest BCUT2D eigenvalue weighted by atomic mass is 31.1. The quantitative estimate of drug-likeness (QED) is 0.638. The Hall–Kier alpha value is -1.60. The standard InChI is InChI=1S/C11H7O3P/c12-11-9-5-7-3-1-2-4-8(7)6-10(9)13-15-14-11/h1-6,15H. The van der Waals surface area contributed by atoms with Crippen molar-refractivity contribution in [1.29, 1.82) is 0 Å². The van der Waals surface area contributed by atoms with E-state index in [4.69, 9.17) is 9.05 Å². The largest absolute Gasteiger partial charge is 0.440 e. The summed E-state index contributed by atoms with van der Waals surface area (Å²) in [7, 11) is -0.229. The number of carbonyl (C=O) groups is 1. The summed E-state index contributed by atoms with van der Waals surface area (Å²) in [4.78, 5) is 11.4. The molecule has 1 atom stereocenters. The van der Waals surface area contributed by atoms with Crippen molar-refractivity contribution in [3.8, 4) is 5.75 Å². The summed E-state index contributed by atoms with van der Waals surface area (Å²) >= 11 is 0. The molecular weight excluding hydrogens is 211 g/mol. The molecule has 0 saturated carbocycles. The molecule has 1 heterocycles. The van der Waals surface area contributed by atoms with E-state index in [0.717, 1.165) is 10.8 Å². The molecule has 74 valence electrons. The molecule has 0 aromatic heterocycles. The molecule has 1 aliphatic rings. The van der Waals surface area contributed by atoms with Gasteiger partial charge in [-0.25, -0.2) is 4.79 Å². The minimum absolute atomic E-state index is 0.229. The summed E-state index contributed by atoms with van der Waals surface area (Å²) in [6.07, 6.45) is 0. The average Bonchev–Trinajstić information content (AvgIpc) is 2.27. The maximum absolute atomic E-state index is 11.4. The molecule has 0 N–H and O–H groups in total. The molecule has 4 heteroatoms. The zero-order chi connectivity index (χ0) is 10.3. The first-order chi connectivity index (χ1) is 7.34. The van der Waals surface area contributed by atoms with E-state index < -0.39 is 0 Å². The fourth-order valence-corrected chi connectivity index (χ4v) is 2.11. The molecule has 2 aromatic rings. The Balaban J connectivity index is 2.32. The van der Waals surface area contributed by atoms with Crippen LogP contribution in [0.3, 0.4) is 0 Å². The van der Waals surface area contributed by atoms with Crippen LogP contribution in [-0.4, -0.2) is 5.97 Å². The van der Waals surface area contributed by atoms with E-state index in [2.05, 4.69) is 0 Å². The lowest BCUT2D eigenvalue weighted by Crippen LogP contribution is -2.07. The van der Waals surface area contributed by atoms with Gasteiger partial charge in [0.15, 0.2) is 0 Å². The predicted molar refractivity (Wildman–Crippen MR) is 58.3 cm³/mol. The van der Waals surface area contributed by atoms with Crippen LogP contribution in [0.4, 0.5) is 0 Å². The second-order valence-corrected chi connectivity index (χ2v) is 3.85. The van der Waals surface area contributed by atoms with Crippen molar-refractivity contribution in [3.63, 3.8) is 0 Å². The molecule has 1 aliphatic heterocycles. The van der Waals surface area contributed by atoms with E-state index in [1.165, 1.54) is 0 Å². The summed E-state index contributed by atoms with van der Waals surface area (Å²) in [5.41, 5.74) is 0.507. The van der Waals surface area contributed by atoms with Gasteiger partial charge in [0.1, 0.15) is 11.3 Å². The van der Waals surface area contributed by atoms with Gasteiger partial charge in [-0.3, -0.25) is 0 Å². The molecule has 3 nitrogen and oxygen atoms in total. The third kappa shape index (κ3) is 1.36. The predicted octanol–water partition coefficient (Wildman–Crippen LogP) is 2.90. The number of hydrogen-bond acceptors (Lipinski definition) is 3. The van der Waals surface area contributed by atoms with Crippen LogP contribution in [0, 0.1) is 0 Å². The number of rotatable bonds is 0. The van der Waals surface area contributed by atoms with Crippen molar-refractivity contribution < 1.29 is 13.8 Å². The molecule has 1 unspecified atom stereocenters. The molecule has 0 bridgehead atoms. The molecule has 0 saturated heterocycles. The summed E-state index contributed by atoms with van der Waals surface area (Å²) in [5, 5.41) is 2.08. The highest BCUT2D eigenvalue weighted by molar-refractivity contribution is 7.27. The normalized spacial score (nSPS) is 15.9. The van der Waals surface area contributed by atoms with Crippen molar-refractivity contribution in [2.75, 3.05) is 0 Å². The van der Waals surface area contributed by atoms with Gasteiger partial charge < -0.3 is 9.05 Å². The first-order valence-electron chi connectivity index (χ1n) is 4.50. The van der Waals surface area contributed by atoms with Crippen molar-refractivity contribution in [1.82, 2.24) is 0 Å². The lowest BCUT2D eigenvalue weighted by Gasteiger charge is -2.16. The van der Waals surface area contributed by atoms with Gasteiger partial charge in [0.2, 0.25) is 0 Å². The Morgan fingerprint density at radius 3 is 2.53 bits per heavy atom. The minimum Gasteiger partial charge on any atom is -0.440 e. The Bertz CT molecular complexity index is 551.